The van der Waals surface area contributed by atoms with Gasteiger partial charge in [0.2, 0.25) is 17.7 Å². The van der Waals surface area contributed by atoms with E-state index in [0.717, 1.165) is 79.3 Å². The molecule has 0 aliphatic carbocycles. The molecule has 0 unspecified atom stereocenters. The van der Waals surface area contributed by atoms with Gasteiger partial charge in [-0.25, -0.2) is 19.7 Å². The van der Waals surface area contributed by atoms with E-state index >= 15 is 0 Å². The summed E-state index contributed by atoms with van der Waals surface area (Å²) in [4.78, 5) is 52.6. The normalized spacial score (nSPS) is 10.9. The van der Waals surface area contributed by atoms with Crippen molar-refractivity contribution >= 4 is 17.9 Å². The summed E-state index contributed by atoms with van der Waals surface area (Å²) in [7, 11) is 0. The van der Waals surface area contributed by atoms with Crippen molar-refractivity contribution in [3.05, 3.63) is 317 Å². The van der Waals surface area contributed by atoms with Gasteiger partial charge in [-0.2, -0.15) is 29.7 Å². The Labute approximate surface area is 619 Å². The Morgan fingerprint density at radius 2 is 0.648 bits per heavy atom. The van der Waals surface area contributed by atoms with Crippen LogP contribution in [0, 0.1) is 20.8 Å². The van der Waals surface area contributed by atoms with Crippen LogP contribution in [0.2, 0.25) is 0 Å². The largest absolute Gasteiger partial charge is 0.493 e. The highest BCUT2D eigenvalue weighted by molar-refractivity contribution is 5.92. The Morgan fingerprint density at radius 1 is 0.333 bits per heavy atom. The number of para-hydroxylation sites is 3. The fourth-order valence-electron chi connectivity index (χ4n) is 11.5. The topological polar surface area (TPSA) is 310 Å². The summed E-state index contributed by atoms with van der Waals surface area (Å²) in [5, 5.41) is 54.8. The molecular weight excluding hydrogens is 1370 g/mol. The van der Waals surface area contributed by atoms with E-state index in [1.807, 2.05) is 251 Å². The van der Waals surface area contributed by atoms with Crippen LogP contribution in [0.25, 0.3) is 73.9 Å². The Morgan fingerprint density at radius 3 is 1.03 bits per heavy atom. The number of aromatic nitrogens is 12. The summed E-state index contributed by atoms with van der Waals surface area (Å²) in [5.74, 6) is 3.20. The number of ether oxygens (including phenoxy) is 3. The molecule has 0 atom stereocenters. The van der Waals surface area contributed by atoms with Gasteiger partial charge in [0.25, 0.3) is 0 Å². The van der Waals surface area contributed by atoms with Crippen LogP contribution < -0.4 is 14.2 Å². The maximum absolute atomic E-state index is 11.7. The fraction of sp³-hybridized carbons (Fsp3) is 0.143. The van der Waals surface area contributed by atoms with Gasteiger partial charge >= 0.3 is 17.9 Å². The van der Waals surface area contributed by atoms with Crippen molar-refractivity contribution in [2.24, 2.45) is 0 Å². The van der Waals surface area contributed by atoms with Crippen LogP contribution in [0.15, 0.2) is 268 Å². The Hall–Kier alpha value is -14.2. The SMILES string of the molecule is Cc1oc(-c2ccccc2)nc1CCOc1ccc(-c2nn(-c3ccccc3)nc2C(=O)O)cc1.Cc1oc(-c2ccccc2)nc1CCOc1ccc(-c2nn(-c3ccccc3)nc2CC(=O)O)cc1.Cc1oc(-c2ccccc2)nc1CCOc1ccc(Cc2nn(-c3ccccc3)nc2CC(=O)O)cc1. The molecule has 540 valence electrons. The molecule has 24 heteroatoms. The number of carbonyl (C=O) groups is 3. The first-order valence-electron chi connectivity index (χ1n) is 34.7. The third-order valence-corrected chi connectivity index (χ3v) is 17.0. The minimum atomic E-state index is -1.14. The molecule has 0 amide bonds. The number of nitrogens with zero attached hydrogens (tertiary/aromatic N) is 12. The van der Waals surface area contributed by atoms with Gasteiger partial charge in [0, 0.05) is 53.5 Å². The zero-order chi connectivity index (χ0) is 74.7. The van der Waals surface area contributed by atoms with Gasteiger partial charge in [0.1, 0.15) is 51.6 Å². The number of oxazole rings is 3. The summed E-state index contributed by atoms with van der Waals surface area (Å²) in [6.07, 6.45) is 1.90. The second-order valence-corrected chi connectivity index (χ2v) is 24.6. The minimum absolute atomic E-state index is 0.113. The molecule has 0 spiro atoms. The standard InChI is InChI=1S/C29H26N4O4.C28H24N4O4.C27H22N4O4/c1-20-25(30-29(37-20)22-8-4-2-5-9-22)16-17-36-24-14-12-21(13-15-24)18-26-27(19-28(34)35)32-33(31-26)23-10-6-3-7-11-23;1-19-24(29-28(36-19)21-8-4-2-5-9-21)16-17-35-23-14-12-20(13-15-23)27-25(18-26(33)34)30-32(31-27)22-10-6-3-7-11-22;1-18-23(28-26(35-18)20-8-4-2-5-9-20)16-17-34-22-14-12-19(13-15-22)24-25(27(32)33)30-31(29-24)21-10-6-3-7-11-21/h2-15H,16-19H2,1H3,(H,34,35);2-15H,16-18H2,1H3,(H,33,34);2-15H,16-17H2,1H3,(H,32,33). The number of hydrogen-bond donors (Lipinski definition) is 3. The van der Waals surface area contributed by atoms with Gasteiger partial charge in [0.05, 0.1) is 78.2 Å². The maximum Gasteiger partial charge on any atom is 0.358 e. The van der Waals surface area contributed by atoms with Gasteiger partial charge in [-0.3, -0.25) is 9.59 Å². The van der Waals surface area contributed by atoms with E-state index in [2.05, 4.69) is 45.5 Å². The number of carboxylic acid groups (broad SMARTS) is 3. The van der Waals surface area contributed by atoms with Gasteiger partial charge < -0.3 is 42.8 Å². The highest BCUT2D eigenvalue weighted by atomic mass is 16.5. The van der Waals surface area contributed by atoms with Crippen LogP contribution in [0.4, 0.5) is 0 Å². The lowest BCUT2D eigenvalue weighted by Crippen LogP contribution is -2.04. The second kappa shape index (κ2) is 34.4. The van der Waals surface area contributed by atoms with Crippen LogP contribution in [0.3, 0.4) is 0 Å². The van der Waals surface area contributed by atoms with E-state index in [0.29, 0.717) is 114 Å². The molecule has 6 aromatic heterocycles. The highest BCUT2D eigenvalue weighted by Crippen LogP contribution is 2.30. The lowest BCUT2D eigenvalue weighted by atomic mass is 10.1. The Kier molecular flexibility index (Phi) is 23.0. The summed E-state index contributed by atoms with van der Waals surface area (Å²) in [6.45, 7) is 7.04. The first kappa shape index (κ1) is 72.2. The molecule has 0 saturated carbocycles. The number of aromatic carboxylic acids is 1. The molecule has 6 heterocycles. The monoisotopic (exact) mass is 1440 g/mol. The number of aliphatic carboxylic acids is 2. The predicted octanol–water partition coefficient (Wildman–Crippen LogP) is 15.4. The molecule has 24 nitrogen and oxygen atoms in total. The van der Waals surface area contributed by atoms with Crippen molar-refractivity contribution in [1.29, 1.82) is 0 Å². The number of hydrogen-bond acceptors (Lipinski definition) is 18. The Balaban J connectivity index is 0.000000143. The molecule has 0 aliphatic rings. The number of carboxylic acids is 3. The average molecular weight is 1440 g/mol. The fourth-order valence-corrected chi connectivity index (χ4v) is 11.5. The van der Waals surface area contributed by atoms with Crippen LogP contribution in [0.5, 0.6) is 17.2 Å². The molecule has 0 bridgehead atoms. The van der Waals surface area contributed by atoms with E-state index in [4.69, 9.17) is 27.5 Å². The van der Waals surface area contributed by atoms with Gasteiger partial charge in [-0.1, -0.05) is 121 Å². The molecule has 15 aromatic rings. The van der Waals surface area contributed by atoms with E-state index in [1.54, 1.807) is 24.3 Å². The molecular formula is C84H72N12O12. The van der Waals surface area contributed by atoms with Crippen LogP contribution in [0.1, 0.15) is 67.5 Å². The first-order chi connectivity index (χ1) is 52.7. The van der Waals surface area contributed by atoms with Crippen molar-refractivity contribution < 1.29 is 57.2 Å². The number of rotatable bonds is 27. The molecule has 0 aliphatic heterocycles. The third kappa shape index (κ3) is 18.6. The maximum atomic E-state index is 11.7. The predicted molar refractivity (Wildman–Crippen MR) is 401 cm³/mol. The van der Waals surface area contributed by atoms with Crippen molar-refractivity contribution in [2.75, 3.05) is 19.8 Å². The smallest absolute Gasteiger partial charge is 0.358 e. The minimum Gasteiger partial charge on any atom is -0.493 e. The Bertz CT molecular complexity index is 5460. The molecule has 0 radical (unpaired) electrons. The van der Waals surface area contributed by atoms with Crippen molar-refractivity contribution in [3.63, 3.8) is 0 Å². The summed E-state index contributed by atoms with van der Waals surface area (Å²) < 4.78 is 35.2. The van der Waals surface area contributed by atoms with Crippen molar-refractivity contribution in [2.45, 2.75) is 59.3 Å². The summed E-state index contributed by atoms with van der Waals surface area (Å²) >= 11 is 0. The van der Waals surface area contributed by atoms with Gasteiger partial charge in [-0.05, 0) is 160 Å². The zero-order valence-electron chi connectivity index (χ0n) is 59.0. The summed E-state index contributed by atoms with van der Waals surface area (Å²) in [5.41, 5.74) is 12.2. The molecule has 9 aromatic carbocycles. The van der Waals surface area contributed by atoms with Crippen LogP contribution in [-0.4, -0.2) is 113 Å². The van der Waals surface area contributed by atoms with E-state index in [-0.39, 0.29) is 18.5 Å². The highest BCUT2D eigenvalue weighted by Gasteiger charge is 2.23. The van der Waals surface area contributed by atoms with E-state index in [1.165, 1.54) is 14.4 Å². The molecule has 0 saturated heterocycles. The first-order valence-corrected chi connectivity index (χ1v) is 34.7. The van der Waals surface area contributed by atoms with Crippen molar-refractivity contribution in [1.82, 2.24) is 59.9 Å². The van der Waals surface area contributed by atoms with Gasteiger partial charge in [-0.15, -0.1) is 15.3 Å². The number of benzene rings is 9. The lowest BCUT2D eigenvalue weighted by Gasteiger charge is -2.06. The van der Waals surface area contributed by atoms with Crippen LogP contribution >= 0.6 is 0 Å². The lowest BCUT2D eigenvalue weighted by molar-refractivity contribution is -0.137. The number of aryl methyl sites for hydroxylation is 3. The molecule has 15 rings (SSSR count). The second-order valence-electron chi connectivity index (χ2n) is 24.6. The summed E-state index contributed by atoms with van der Waals surface area (Å²) in [6, 6.07) is 79.6. The molecule has 108 heavy (non-hydrogen) atoms. The van der Waals surface area contributed by atoms with Crippen molar-refractivity contribution in [3.8, 4) is 91.2 Å². The van der Waals surface area contributed by atoms with E-state index in [9.17, 15) is 29.7 Å². The van der Waals surface area contributed by atoms with Gasteiger partial charge in [0.15, 0.2) is 5.69 Å². The quantitative estimate of drug-likeness (QED) is 0.0431. The zero-order valence-corrected chi connectivity index (χ0v) is 59.0. The molecule has 0 fully saturated rings. The molecule has 3 N–H and O–H groups in total. The average Bonchev–Trinajstić information content (AvgIpc) is 1.66. The van der Waals surface area contributed by atoms with Crippen LogP contribution in [-0.2, 0) is 48.1 Å². The third-order valence-electron chi connectivity index (χ3n) is 17.0. The van der Waals surface area contributed by atoms with E-state index < -0.39 is 17.9 Å².